The van der Waals surface area contributed by atoms with Crippen molar-refractivity contribution in [3.8, 4) is 0 Å². The zero-order chi connectivity index (χ0) is 14.8. The number of hydrogen-bond donors (Lipinski definition) is 2. The zero-order valence-corrected chi connectivity index (χ0v) is 13.0. The van der Waals surface area contributed by atoms with E-state index in [0.717, 1.165) is 18.5 Å². The molecule has 0 unspecified atom stereocenters. The van der Waals surface area contributed by atoms with Gasteiger partial charge in [-0.15, -0.1) is 0 Å². The molecule has 0 aliphatic heterocycles. The summed E-state index contributed by atoms with van der Waals surface area (Å²) >= 11 is 0. The first-order valence-corrected chi connectivity index (χ1v) is 8.46. The smallest absolute Gasteiger partial charge is 0.240 e. The fourth-order valence-electron chi connectivity index (χ4n) is 1.78. The van der Waals surface area contributed by atoms with Crippen LogP contribution >= 0.6 is 0 Å². The summed E-state index contributed by atoms with van der Waals surface area (Å²) in [7, 11) is -3.48. The van der Waals surface area contributed by atoms with Gasteiger partial charge in [-0.25, -0.2) is 13.1 Å². The Labute approximate surface area is 121 Å². The van der Waals surface area contributed by atoms with Gasteiger partial charge in [0.1, 0.15) is 0 Å². The van der Waals surface area contributed by atoms with Gasteiger partial charge in [-0.3, -0.25) is 0 Å². The van der Waals surface area contributed by atoms with E-state index in [0.29, 0.717) is 24.7 Å². The lowest BCUT2D eigenvalue weighted by atomic mass is 10.2. The third-order valence-electron chi connectivity index (χ3n) is 2.75. The molecule has 0 fully saturated rings. The predicted octanol–water partition coefficient (Wildman–Crippen LogP) is 1.50. The van der Waals surface area contributed by atoms with Crippen molar-refractivity contribution in [3.63, 3.8) is 0 Å². The molecule has 0 saturated carbocycles. The maximum Gasteiger partial charge on any atom is 0.240 e. The van der Waals surface area contributed by atoms with Crippen LogP contribution in [0.2, 0.25) is 0 Å². The molecule has 0 spiro atoms. The lowest BCUT2D eigenvalue weighted by Crippen LogP contribution is -2.29. The van der Waals surface area contributed by atoms with Gasteiger partial charge in [0.15, 0.2) is 0 Å². The van der Waals surface area contributed by atoms with Crippen molar-refractivity contribution in [2.75, 3.05) is 26.3 Å². The summed E-state index contributed by atoms with van der Waals surface area (Å²) in [6.07, 6.45) is 1.02. The molecule has 0 aromatic heterocycles. The Hall–Kier alpha value is -0.950. The Morgan fingerprint density at radius 1 is 1.15 bits per heavy atom. The van der Waals surface area contributed by atoms with Gasteiger partial charge in [-0.2, -0.15) is 0 Å². The maximum absolute atomic E-state index is 12.3. The molecule has 0 bridgehead atoms. The van der Waals surface area contributed by atoms with Crippen LogP contribution in [-0.4, -0.2) is 34.7 Å². The van der Waals surface area contributed by atoms with Crippen molar-refractivity contribution in [2.24, 2.45) is 0 Å². The number of nitrogens with one attached hydrogen (secondary N) is 2. The molecular formula is C14H24N2O3S. The first-order valence-electron chi connectivity index (χ1n) is 6.97. The van der Waals surface area contributed by atoms with E-state index in [1.54, 1.807) is 12.1 Å². The zero-order valence-electron chi connectivity index (χ0n) is 12.2. The lowest BCUT2D eigenvalue weighted by Gasteiger charge is -2.12. The highest BCUT2D eigenvalue weighted by Gasteiger charge is 2.17. The summed E-state index contributed by atoms with van der Waals surface area (Å²) < 4.78 is 32.2. The second-order valence-corrected chi connectivity index (χ2v) is 6.11. The van der Waals surface area contributed by atoms with Crippen LogP contribution < -0.4 is 10.0 Å². The standard InChI is InChI=1S/C14H24N2O3S/c1-3-9-15-12-13-7-5-6-8-14(13)20(17,18)16-10-11-19-4-2/h5-8,15-16H,3-4,9-12H2,1-2H3. The van der Waals surface area contributed by atoms with Crippen LogP contribution in [-0.2, 0) is 21.3 Å². The molecule has 1 aromatic carbocycles. The van der Waals surface area contributed by atoms with Gasteiger partial charge in [0.2, 0.25) is 10.0 Å². The quantitative estimate of drug-likeness (QED) is 0.643. The Kier molecular flexibility index (Phi) is 7.76. The van der Waals surface area contributed by atoms with Gasteiger partial charge < -0.3 is 10.1 Å². The van der Waals surface area contributed by atoms with Gasteiger partial charge in [0, 0.05) is 19.7 Å². The highest BCUT2D eigenvalue weighted by molar-refractivity contribution is 7.89. The average molecular weight is 300 g/mol. The Bertz CT molecular complexity index is 489. The van der Waals surface area contributed by atoms with Gasteiger partial charge in [-0.05, 0) is 31.5 Å². The molecule has 0 heterocycles. The fourth-order valence-corrected chi connectivity index (χ4v) is 3.03. The molecule has 0 amide bonds. The van der Waals surface area contributed by atoms with E-state index >= 15 is 0 Å². The van der Waals surface area contributed by atoms with Gasteiger partial charge >= 0.3 is 0 Å². The number of ether oxygens (including phenoxy) is 1. The molecule has 20 heavy (non-hydrogen) atoms. The molecule has 0 aliphatic carbocycles. The van der Waals surface area contributed by atoms with Crippen LogP contribution in [0.3, 0.4) is 0 Å². The summed E-state index contributed by atoms with van der Waals surface area (Å²) in [5.74, 6) is 0. The normalized spacial score (nSPS) is 11.7. The summed E-state index contributed by atoms with van der Waals surface area (Å²) in [4.78, 5) is 0.333. The largest absolute Gasteiger partial charge is 0.380 e. The third kappa shape index (κ3) is 5.58. The minimum atomic E-state index is -3.48. The number of rotatable bonds is 10. The Balaban J connectivity index is 2.72. The van der Waals surface area contributed by atoms with E-state index in [1.165, 1.54) is 0 Å². The topological polar surface area (TPSA) is 67.4 Å². The van der Waals surface area contributed by atoms with E-state index in [1.807, 2.05) is 19.1 Å². The maximum atomic E-state index is 12.3. The molecular weight excluding hydrogens is 276 g/mol. The van der Waals surface area contributed by atoms with Crippen LogP contribution in [0.4, 0.5) is 0 Å². The molecule has 1 rings (SSSR count). The predicted molar refractivity (Wildman–Crippen MR) is 80.1 cm³/mol. The van der Waals surface area contributed by atoms with Crippen molar-refractivity contribution in [3.05, 3.63) is 29.8 Å². The van der Waals surface area contributed by atoms with Gasteiger partial charge in [0.25, 0.3) is 0 Å². The second kappa shape index (κ2) is 9.07. The second-order valence-electron chi connectivity index (χ2n) is 4.38. The van der Waals surface area contributed by atoms with Crippen LogP contribution in [0.15, 0.2) is 29.2 Å². The molecule has 1 aromatic rings. The third-order valence-corrected chi connectivity index (χ3v) is 4.31. The van der Waals surface area contributed by atoms with E-state index < -0.39 is 10.0 Å². The van der Waals surface area contributed by atoms with Crippen LogP contribution in [0.25, 0.3) is 0 Å². The first-order chi connectivity index (χ1) is 9.61. The first kappa shape index (κ1) is 17.1. The highest BCUT2D eigenvalue weighted by atomic mass is 32.2. The van der Waals surface area contributed by atoms with Crippen LogP contribution in [0.1, 0.15) is 25.8 Å². The minimum Gasteiger partial charge on any atom is -0.380 e. The van der Waals surface area contributed by atoms with Gasteiger partial charge in [-0.1, -0.05) is 25.1 Å². The van der Waals surface area contributed by atoms with Crippen molar-refractivity contribution < 1.29 is 13.2 Å². The van der Waals surface area contributed by atoms with E-state index in [4.69, 9.17) is 4.74 Å². The summed E-state index contributed by atoms with van der Waals surface area (Å²) in [6.45, 7) is 6.62. The molecule has 0 saturated heterocycles. The fraction of sp³-hybridized carbons (Fsp3) is 0.571. The monoisotopic (exact) mass is 300 g/mol. The summed E-state index contributed by atoms with van der Waals surface area (Å²) in [5.41, 5.74) is 0.782. The SMILES string of the molecule is CCCNCc1ccccc1S(=O)(=O)NCCOCC. The summed E-state index contributed by atoms with van der Waals surface area (Å²) in [6, 6.07) is 7.05. The van der Waals surface area contributed by atoms with Crippen LogP contribution in [0, 0.1) is 0 Å². The molecule has 6 heteroatoms. The number of hydrogen-bond acceptors (Lipinski definition) is 4. The van der Waals surface area contributed by atoms with Gasteiger partial charge in [0.05, 0.1) is 11.5 Å². The number of benzene rings is 1. The van der Waals surface area contributed by atoms with Crippen molar-refractivity contribution >= 4 is 10.0 Å². The van der Waals surface area contributed by atoms with Crippen molar-refractivity contribution in [1.29, 1.82) is 0 Å². The Morgan fingerprint density at radius 2 is 1.90 bits per heavy atom. The lowest BCUT2D eigenvalue weighted by molar-refractivity contribution is 0.153. The molecule has 0 atom stereocenters. The van der Waals surface area contributed by atoms with E-state index in [9.17, 15) is 8.42 Å². The number of sulfonamides is 1. The molecule has 114 valence electrons. The van der Waals surface area contributed by atoms with E-state index in [-0.39, 0.29) is 6.54 Å². The Morgan fingerprint density at radius 3 is 2.60 bits per heavy atom. The highest BCUT2D eigenvalue weighted by Crippen LogP contribution is 2.14. The molecule has 5 nitrogen and oxygen atoms in total. The average Bonchev–Trinajstić information content (AvgIpc) is 2.44. The molecule has 0 aliphatic rings. The van der Waals surface area contributed by atoms with Crippen LogP contribution in [0.5, 0.6) is 0 Å². The van der Waals surface area contributed by atoms with E-state index in [2.05, 4.69) is 17.0 Å². The van der Waals surface area contributed by atoms with Crippen molar-refractivity contribution in [2.45, 2.75) is 31.7 Å². The van der Waals surface area contributed by atoms with Crippen molar-refractivity contribution in [1.82, 2.24) is 10.0 Å². The molecule has 2 N–H and O–H groups in total. The minimum absolute atomic E-state index is 0.285. The summed E-state index contributed by atoms with van der Waals surface area (Å²) in [5, 5.41) is 3.22. The molecule has 0 radical (unpaired) electrons.